The Morgan fingerprint density at radius 1 is 0.952 bits per heavy atom. The lowest BCUT2D eigenvalue weighted by Crippen LogP contribution is -2.27. The molecule has 0 saturated heterocycles. The summed E-state index contributed by atoms with van der Waals surface area (Å²) < 4.78 is 0. The molecule has 3 nitrogen and oxygen atoms in total. The van der Waals surface area contributed by atoms with Gasteiger partial charge in [-0.15, -0.1) is 0 Å². The Morgan fingerprint density at radius 2 is 1.52 bits per heavy atom. The zero-order valence-electron chi connectivity index (χ0n) is 13.6. The van der Waals surface area contributed by atoms with Crippen LogP contribution in [0.4, 0.5) is 0 Å². The van der Waals surface area contributed by atoms with E-state index < -0.39 is 0 Å². The Hall–Kier alpha value is -1.74. The zero-order chi connectivity index (χ0) is 15.4. The van der Waals surface area contributed by atoms with Crippen molar-refractivity contribution in [3.63, 3.8) is 0 Å². The molecule has 0 bridgehead atoms. The van der Waals surface area contributed by atoms with Crippen molar-refractivity contribution in [3.05, 3.63) is 47.3 Å². The number of hydrogen-bond acceptors (Lipinski definition) is 3. The van der Waals surface area contributed by atoms with Crippen LogP contribution in [-0.2, 0) is 0 Å². The second-order valence-electron chi connectivity index (χ2n) is 5.96. The van der Waals surface area contributed by atoms with Crippen molar-refractivity contribution in [1.29, 1.82) is 0 Å². The summed E-state index contributed by atoms with van der Waals surface area (Å²) in [7, 11) is 0. The Labute approximate surface area is 127 Å². The minimum absolute atomic E-state index is 0.414. The monoisotopic (exact) mass is 283 g/mol. The standard InChI is InChI=1S/C18H25N3/c1-12(2)19-11-13(3)17-14(4)20-18(21-15(17)5)16-9-7-6-8-10-16/h6-10,12-13,19H,11H2,1-5H3. The van der Waals surface area contributed by atoms with Crippen LogP contribution in [-0.4, -0.2) is 22.6 Å². The van der Waals surface area contributed by atoms with Crippen molar-refractivity contribution < 1.29 is 0 Å². The highest BCUT2D eigenvalue weighted by Gasteiger charge is 2.15. The van der Waals surface area contributed by atoms with E-state index in [1.54, 1.807) is 0 Å². The SMILES string of the molecule is Cc1nc(-c2ccccc2)nc(C)c1C(C)CNC(C)C. The number of rotatable bonds is 5. The molecule has 2 aromatic rings. The lowest BCUT2D eigenvalue weighted by Gasteiger charge is -2.19. The van der Waals surface area contributed by atoms with Gasteiger partial charge in [-0.05, 0) is 25.3 Å². The molecule has 1 aromatic carbocycles. The van der Waals surface area contributed by atoms with Crippen LogP contribution in [0, 0.1) is 13.8 Å². The minimum atomic E-state index is 0.414. The van der Waals surface area contributed by atoms with E-state index in [0.717, 1.165) is 29.3 Å². The number of aryl methyl sites for hydroxylation is 2. The molecular weight excluding hydrogens is 258 g/mol. The van der Waals surface area contributed by atoms with Gasteiger partial charge in [-0.25, -0.2) is 9.97 Å². The molecule has 1 N–H and O–H groups in total. The van der Waals surface area contributed by atoms with E-state index in [2.05, 4.69) is 52.1 Å². The van der Waals surface area contributed by atoms with Gasteiger partial charge in [0.1, 0.15) is 0 Å². The molecule has 1 atom stereocenters. The van der Waals surface area contributed by atoms with E-state index in [-0.39, 0.29) is 0 Å². The molecule has 0 aliphatic rings. The van der Waals surface area contributed by atoms with Crippen molar-refractivity contribution >= 4 is 0 Å². The van der Waals surface area contributed by atoms with Crippen LogP contribution in [0.2, 0.25) is 0 Å². The predicted molar refractivity (Wildman–Crippen MR) is 88.5 cm³/mol. The first-order valence-corrected chi connectivity index (χ1v) is 7.63. The normalized spacial score (nSPS) is 12.7. The van der Waals surface area contributed by atoms with E-state index in [0.29, 0.717) is 12.0 Å². The van der Waals surface area contributed by atoms with E-state index in [9.17, 15) is 0 Å². The van der Waals surface area contributed by atoms with Gasteiger partial charge in [0, 0.05) is 29.5 Å². The van der Waals surface area contributed by atoms with E-state index >= 15 is 0 Å². The third-order valence-corrected chi connectivity index (χ3v) is 3.68. The van der Waals surface area contributed by atoms with Gasteiger partial charge in [-0.3, -0.25) is 0 Å². The minimum Gasteiger partial charge on any atom is -0.314 e. The number of aromatic nitrogens is 2. The summed E-state index contributed by atoms with van der Waals surface area (Å²) in [6.45, 7) is 11.7. The molecule has 21 heavy (non-hydrogen) atoms. The Balaban J connectivity index is 2.29. The van der Waals surface area contributed by atoms with Crippen molar-refractivity contribution in [2.75, 3.05) is 6.54 Å². The van der Waals surface area contributed by atoms with E-state index in [1.807, 2.05) is 18.2 Å². The first-order chi connectivity index (χ1) is 9.99. The maximum absolute atomic E-state index is 4.71. The van der Waals surface area contributed by atoms with Crippen molar-refractivity contribution in [3.8, 4) is 11.4 Å². The summed E-state index contributed by atoms with van der Waals surface area (Å²) in [6.07, 6.45) is 0. The van der Waals surface area contributed by atoms with Gasteiger partial charge in [0.25, 0.3) is 0 Å². The first-order valence-electron chi connectivity index (χ1n) is 7.63. The van der Waals surface area contributed by atoms with Crippen molar-refractivity contribution in [1.82, 2.24) is 15.3 Å². The molecule has 0 aliphatic carbocycles. The average molecular weight is 283 g/mol. The molecular formula is C18H25N3. The summed E-state index contributed by atoms with van der Waals surface area (Å²) in [5, 5.41) is 3.49. The summed E-state index contributed by atoms with van der Waals surface area (Å²) in [5.74, 6) is 1.23. The van der Waals surface area contributed by atoms with Crippen molar-refractivity contribution in [2.45, 2.75) is 46.6 Å². The molecule has 0 saturated carbocycles. The largest absolute Gasteiger partial charge is 0.314 e. The maximum atomic E-state index is 4.71. The highest BCUT2D eigenvalue weighted by Crippen LogP contribution is 2.24. The van der Waals surface area contributed by atoms with Gasteiger partial charge in [0.05, 0.1) is 0 Å². The Bertz CT molecular complexity index is 568. The predicted octanol–water partition coefficient (Wildman–Crippen LogP) is 3.86. The fourth-order valence-corrected chi connectivity index (χ4v) is 2.67. The smallest absolute Gasteiger partial charge is 0.159 e. The van der Waals surface area contributed by atoms with Gasteiger partial charge in [-0.2, -0.15) is 0 Å². The lowest BCUT2D eigenvalue weighted by atomic mass is 9.97. The second-order valence-corrected chi connectivity index (χ2v) is 5.96. The first kappa shape index (κ1) is 15.6. The summed E-state index contributed by atoms with van der Waals surface area (Å²) in [4.78, 5) is 9.43. The maximum Gasteiger partial charge on any atom is 0.159 e. The van der Waals surface area contributed by atoms with Crippen LogP contribution in [0.5, 0.6) is 0 Å². The zero-order valence-corrected chi connectivity index (χ0v) is 13.6. The molecule has 0 aliphatic heterocycles. The lowest BCUT2D eigenvalue weighted by molar-refractivity contribution is 0.544. The van der Waals surface area contributed by atoms with Crippen LogP contribution >= 0.6 is 0 Å². The highest BCUT2D eigenvalue weighted by atomic mass is 14.9. The average Bonchev–Trinajstić information content (AvgIpc) is 2.45. The fraction of sp³-hybridized carbons (Fsp3) is 0.444. The summed E-state index contributed by atoms with van der Waals surface area (Å²) >= 11 is 0. The molecule has 0 amide bonds. The fourth-order valence-electron chi connectivity index (χ4n) is 2.67. The second kappa shape index (κ2) is 6.81. The molecule has 1 heterocycles. The molecule has 112 valence electrons. The van der Waals surface area contributed by atoms with E-state index in [1.165, 1.54) is 5.56 Å². The molecule has 1 aromatic heterocycles. The van der Waals surface area contributed by atoms with Crippen LogP contribution < -0.4 is 5.32 Å². The van der Waals surface area contributed by atoms with Crippen LogP contribution in [0.1, 0.15) is 43.6 Å². The molecule has 0 spiro atoms. The summed E-state index contributed by atoms with van der Waals surface area (Å²) in [5.41, 5.74) is 4.50. The quantitative estimate of drug-likeness (QED) is 0.905. The Kier molecular flexibility index (Phi) is 5.07. The van der Waals surface area contributed by atoms with Gasteiger partial charge in [-0.1, -0.05) is 51.1 Å². The number of benzene rings is 1. The van der Waals surface area contributed by atoms with Gasteiger partial charge < -0.3 is 5.32 Å². The van der Waals surface area contributed by atoms with E-state index in [4.69, 9.17) is 9.97 Å². The third kappa shape index (κ3) is 3.88. The van der Waals surface area contributed by atoms with Crippen molar-refractivity contribution in [2.24, 2.45) is 0 Å². The van der Waals surface area contributed by atoms with Gasteiger partial charge >= 0.3 is 0 Å². The highest BCUT2D eigenvalue weighted by molar-refractivity contribution is 5.55. The number of hydrogen-bond donors (Lipinski definition) is 1. The molecule has 2 rings (SSSR count). The number of nitrogens with zero attached hydrogens (tertiary/aromatic N) is 2. The van der Waals surface area contributed by atoms with Crippen LogP contribution in [0.25, 0.3) is 11.4 Å². The van der Waals surface area contributed by atoms with Crippen LogP contribution in [0.15, 0.2) is 30.3 Å². The molecule has 3 heteroatoms. The molecule has 1 unspecified atom stereocenters. The summed E-state index contributed by atoms with van der Waals surface area (Å²) in [6, 6.07) is 10.7. The Morgan fingerprint density at radius 3 is 2.05 bits per heavy atom. The number of nitrogens with one attached hydrogen (secondary N) is 1. The van der Waals surface area contributed by atoms with Gasteiger partial charge in [0.15, 0.2) is 5.82 Å². The van der Waals surface area contributed by atoms with Gasteiger partial charge in [0.2, 0.25) is 0 Å². The molecule has 0 fully saturated rings. The molecule has 0 radical (unpaired) electrons. The topological polar surface area (TPSA) is 37.8 Å². The van der Waals surface area contributed by atoms with Crippen LogP contribution in [0.3, 0.4) is 0 Å². The third-order valence-electron chi connectivity index (χ3n) is 3.68.